The highest BCUT2D eigenvalue weighted by Gasteiger charge is 2.25. The molecule has 0 atom stereocenters. The van der Waals surface area contributed by atoms with Crippen molar-refractivity contribution in [3.05, 3.63) is 29.6 Å². The van der Waals surface area contributed by atoms with Crippen LogP contribution in [0.15, 0.2) is 18.2 Å². The van der Waals surface area contributed by atoms with Crippen LogP contribution in [-0.4, -0.2) is 32.1 Å². The third-order valence-corrected chi connectivity index (χ3v) is 4.26. The van der Waals surface area contributed by atoms with Gasteiger partial charge in [0, 0.05) is 24.8 Å². The van der Waals surface area contributed by atoms with Crippen LogP contribution in [0.4, 0.5) is 10.1 Å². The van der Waals surface area contributed by atoms with Gasteiger partial charge in [-0.05, 0) is 50.9 Å². The van der Waals surface area contributed by atoms with Crippen LogP contribution >= 0.6 is 0 Å². The van der Waals surface area contributed by atoms with E-state index in [1.54, 1.807) is 6.07 Å². The van der Waals surface area contributed by atoms with Crippen molar-refractivity contribution in [3.63, 3.8) is 0 Å². The van der Waals surface area contributed by atoms with Crippen molar-refractivity contribution in [2.75, 3.05) is 19.0 Å². The van der Waals surface area contributed by atoms with Gasteiger partial charge in [0.15, 0.2) is 0 Å². The topological polar surface area (TPSA) is 58.4 Å². The van der Waals surface area contributed by atoms with Crippen molar-refractivity contribution in [2.45, 2.75) is 37.8 Å². The zero-order chi connectivity index (χ0) is 14.7. The van der Waals surface area contributed by atoms with Gasteiger partial charge in [-0.3, -0.25) is 4.79 Å². The molecule has 0 radical (unpaired) electrons. The van der Waals surface area contributed by atoms with Crippen LogP contribution in [0.5, 0.6) is 0 Å². The Bertz CT molecular complexity index is 484. The number of amides is 1. The number of carbonyl (C=O) groups excluding carboxylic acids is 1. The molecule has 110 valence electrons. The zero-order valence-corrected chi connectivity index (χ0v) is 12.0. The molecule has 5 heteroatoms. The Morgan fingerprint density at radius 1 is 1.35 bits per heavy atom. The van der Waals surface area contributed by atoms with Gasteiger partial charge in [-0.25, -0.2) is 4.39 Å². The molecule has 2 rings (SSSR count). The maximum absolute atomic E-state index is 13.3. The maximum atomic E-state index is 13.3. The summed E-state index contributed by atoms with van der Waals surface area (Å²) in [5.74, 6) is -1.02. The molecule has 4 nitrogen and oxygen atoms in total. The standard InChI is InChI=1S/C15H22FN3O/c1-18-11-4-6-12(7-5-11)19(2)14-8-3-10(16)9-13(14)15(17)20/h3,8-9,11-12,18H,4-7H2,1-2H3,(H2,17,20). The second-order valence-corrected chi connectivity index (χ2v) is 5.43. The lowest BCUT2D eigenvalue weighted by atomic mass is 9.90. The summed E-state index contributed by atoms with van der Waals surface area (Å²) in [4.78, 5) is 13.5. The molecule has 0 aliphatic heterocycles. The average Bonchev–Trinajstić information content (AvgIpc) is 2.46. The van der Waals surface area contributed by atoms with Crippen molar-refractivity contribution in [1.29, 1.82) is 0 Å². The molecule has 20 heavy (non-hydrogen) atoms. The predicted molar refractivity (Wildman–Crippen MR) is 78.4 cm³/mol. The molecule has 1 amide bonds. The normalized spacial score (nSPS) is 22.6. The van der Waals surface area contributed by atoms with Gasteiger partial charge >= 0.3 is 0 Å². The molecule has 0 aromatic heterocycles. The van der Waals surface area contributed by atoms with E-state index in [0.29, 0.717) is 17.8 Å². The second-order valence-electron chi connectivity index (χ2n) is 5.43. The molecule has 0 bridgehead atoms. The van der Waals surface area contributed by atoms with Crippen molar-refractivity contribution in [1.82, 2.24) is 5.32 Å². The van der Waals surface area contributed by atoms with E-state index in [2.05, 4.69) is 10.2 Å². The Balaban J connectivity index is 2.17. The lowest BCUT2D eigenvalue weighted by Crippen LogP contribution is -2.40. The van der Waals surface area contributed by atoms with E-state index in [4.69, 9.17) is 5.73 Å². The number of primary amides is 1. The minimum absolute atomic E-state index is 0.253. The fraction of sp³-hybridized carbons (Fsp3) is 0.533. The third kappa shape index (κ3) is 3.10. The van der Waals surface area contributed by atoms with Gasteiger partial charge < -0.3 is 16.0 Å². The second kappa shape index (κ2) is 6.22. The van der Waals surface area contributed by atoms with Crippen molar-refractivity contribution in [2.24, 2.45) is 5.73 Å². The SMILES string of the molecule is CNC1CCC(N(C)c2ccc(F)cc2C(N)=O)CC1. The van der Waals surface area contributed by atoms with Gasteiger partial charge in [-0.15, -0.1) is 0 Å². The molecule has 0 spiro atoms. The number of nitrogens with one attached hydrogen (secondary N) is 1. The molecular weight excluding hydrogens is 257 g/mol. The Morgan fingerprint density at radius 2 is 2.00 bits per heavy atom. The van der Waals surface area contributed by atoms with Gasteiger partial charge in [0.1, 0.15) is 5.82 Å². The summed E-state index contributed by atoms with van der Waals surface area (Å²) >= 11 is 0. The first kappa shape index (κ1) is 14.8. The van der Waals surface area contributed by atoms with Gasteiger partial charge in [-0.1, -0.05) is 0 Å². The molecule has 1 aromatic carbocycles. The highest BCUT2D eigenvalue weighted by Crippen LogP contribution is 2.29. The summed E-state index contributed by atoms with van der Waals surface area (Å²) in [5.41, 5.74) is 6.32. The largest absolute Gasteiger partial charge is 0.371 e. The Hall–Kier alpha value is -1.62. The van der Waals surface area contributed by atoms with Crippen LogP contribution in [0.25, 0.3) is 0 Å². The van der Waals surface area contributed by atoms with Gasteiger partial charge in [0.05, 0.1) is 5.56 Å². The highest BCUT2D eigenvalue weighted by molar-refractivity contribution is 5.98. The monoisotopic (exact) mass is 279 g/mol. The molecule has 1 aromatic rings. The average molecular weight is 279 g/mol. The molecule has 1 aliphatic carbocycles. The molecule has 1 aliphatic rings. The van der Waals surface area contributed by atoms with Crippen molar-refractivity contribution >= 4 is 11.6 Å². The van der Waals surface area contributed by atoms with E-state index in [9.17, 15) is 9.18 Å². The van der Waals surface area contributed by atoms with Gasteiger partial charge in [0.25, 0.3) is 5.91 Å². The Kier molecular flexibility index (Phi) is 4.60. The molecular formula is C15H22FN3O. The van der Waals surface area contributed by atoms with Crippen LogP contribution in [0.2, 0.25) is 0 Å². The lowest BCUT2D eigenvalue weighted by molar-refractivity contribution is 0.1000. The number of nitrogens with zero attached hydrogens (tertiary/aromatic N) is 1. The molecule has 3 N–H and O–H groups in total. The molecule has 0 saturated heterocycles. The Labute approximate surface area is 119 Å². The lowest BCUT2D eigenvalue weighted by Gasteiger charge is -2.36. The number of hydrogen-bond acceptors (Lipinski definition) is 3. The van der Waals surface area contributed by atoms with Crippen LogP contribution in [0, 0.1) is 5.82 Å². The van der Waals surface area contributed by atoms with E-state index in [1.165, 1.54) is 12.1 Å². The number of halogens is 1. The number of rotatable bonds is 4. The molecule has 1 fully saturated rings. The molecule has 0 unspecified atom stereocenters. The number of anilines is 1. The summed E-state index contributed by atoms with van der Waals surface area (Å²) in [6.45, 7) is 0. The third-order valence-electron chi connectivity index (χ3n) is 4.26. The minimum atomic E-state index is -0.588. The van der Waals surface area contributed by atoms with E-state index in [-0.39, 0.29) is 5.56 Å². The van der Waals surface area contributed by atoms with E-state index < -0.39 is 11.7 Å². The molecule has 0 heterocycles. The fourth-order valence-corrected chi connectivity index (χ4v) is 2.96. The summed E-state index contributed by atoms with van der Waals surface area (Å²) < 4.78 is 13.3. The first-order valence-electron chi connectivity index (χ1n) is 7.02. The first-order chi connectivity index (χ1) is 9.52. The minimum Gasteiger partial charge on any atom is -0.371 e. The number of nitrogens with two attached hydrogens (primary N) is 1. The van der Waals surface area contributed by atoms with Crippen LogP contribution < -0.4 is 16.0 Å². The van der Waals surface area contributed by atoms with Gasteiger partial charge in [0.2, 0.25) is 0 Å². The quantitative estimate of drug-likeness (QED) is 0.885. The van der Waals surface area contributed by atoms with Crippen molar-refractivity contribution < 1.29 is 9.18 Å². The fourth-order valence-electron chi connectivity index (χ4n) is 2.96. The summed E-state index contributed by atoms with van der Waals surface area (Å²) in [7, 11) is 3.93. The van der Waals surface area contributed by atoms with E-state index >= 15 is 0 Å². The van der Waals surface area contributed by atoms with Gasteiger partial charge in [-0.2, -0.15) is 0 Å². The smallest absolute Gasteiger partial charge is 0.250 e. The van der Waals surface area contributed by atoms with Crippen LogP contribution in [0.3, 0.4) is 0 Å². The number of benzene rings is 1. The first-order valence-corrected chi connectivity index (χ1v) is 7.02. The highest BCUT2D eigenvalue weighted by atomic mass is 19.1. The summed E-state index contributed by atoms with van der Waals surface area (Å²) in [6.07, 6.45) is 4.33. The molecule has 1 saturated carbocycles. The zero-order valence-electron chi connectivity index (χ0n) is 12.0. The predicted octanol–water partition coefficient (Wildman–Crippen LogP) is 1.89. The number of hydrogen-bond donors (Lipinski definition) is 2. The van der Waals surface area contributed by atoms with E-state index in [1.807, 2.05) is 14.1 Å². The van der Waals surface area contributed by atoms with Crippen molar-refractivity contribution in [3.8, 4) is 0 Å². The van der Waals surface area contributed by atoms with E-state index in [0.717, 1.165) is 25.7 Å². The summed E-state index contributed by atoms with van der Waals surface area (Å²) in [5, 5.41) is 3.30. The summed E-state index contributed by atoms with van der Waals surface area (Å²) in [6, 6.07) is 5.16. The maximum Gasteiger partial charge on any atom is 0.250 e. The van der Waals surface area contributed by atoms with Crippen LogP contribution in [0.1, 0.15) is 36.0 Å². The van der Waals surface area contributed by atoms with Crippen LogP contribution in [-0.2, 0) is 0 Å². The Morgan fingerprint density at radius 3 is 2.55 bits per heavy atom. The number of carbonyl (C=O) groups is 1.